The third kappa shape index (κ3) is 2.55. The van der Waals surface area contributed by atoms with Gasteiger partial charge in [-0.2, -0.15) is 5.26 Å². The average molecular weight is 193 g/mol. The van der Waals surface area contributed by atoms with Crippen LogP contribution >= 0.6 is 0 Å². The summed E-state index contributed by atoms with van der Waals surface area (Å²) in [5.41, 5.74) is 0. The second-order valence-corrected chi connectivity index (χ2v) is 2.70. The predicted molar refractivity (Wildman–Crippen MR) is 48.3 cm³/mol. The van der Waals surface area contributed by atoms with Crippen LogP contribution in [-0.4, -0.2) is 27.6 Å². The quantitative estimate of drug-likeness (QED) is 0.658. The Hall–Kier alpha value is -1.90. The lowest BCUT2D eigenvalue weighted by Crippen LogP contribution is -2.24. The van der Waals surface area contributed by atoms with E-state index < -0.39 is 5.91 Å². The van der Waals surface area contributed by atoms with E-state index in [0.29, 0.717) is 5.82 Å². The summed E-state index contributed by atoms with van der Waals surface area (Å²) in [7, 11) is 0. The molecule has 0 unspecified atom stereocenters. The molecule has 0 saturated heterocycles. The standard InChI is InChI=1S/C8H11N5O/c1-2-3-6-11-7(13-12-6)8(14)10-5-4-9/h2-3,5H2,1H3,(H,10,14)(H,11,12,13). The van der Waals surface area contributed by atoms with Gasteiger partial charge in [-0.05, 0) is 6.42 Å². The van der Waals surface area contributed by atoms with Gasteiger partial charge in [-0.1, -0.05) is 6.92 Å². The number of hydrogen-bond donors (Lipinski definition) is 2. The smallest absolute Gasteiger partial charge is 0.291 e. The Kier molecular flexibility index (Phi) is 3.61. The molecule has 0 aliphatic carbocycles. The lowest BCUT2D eigenvalue weighted by Gasteiger charge is -1.92. The molecule has 1 rings (SSSR count). The van der Waals surface area contributed by atoms with Crippen molar-refractivity contribution in [1.29, 1.82) is 5.26 Å². The molecule has 0 radical (unpaired) electrons. The van der Waals surface area contributed by atoms with Gasteiger partial charge in [-0.25, -0.2) is 4.98 Å². The Labute approximate surface area is 81.3 Å². The molecule has 1 heterocycles. The molecule has 1 aromatic rings. The van der Waals surface area contributed by atoms with Crippen molar-refractivity contribution in [3.8, 4) is 6.07 Å². The highest BCUT2D eigenvalue weighted by Gasteiger charge is 2.10. The van der Waals surface area contributed by atoms with Gasteiger partial charge in [0, 0.05) is 6.42 Å². The van der Waals surface area contributed by atoms with E-state index in [2.05, 4.69) is 20.5 Å². The second kappa shape index (κ2) is 4.97. The first kappa shape index (κ1) is 10.2. The Balaban J connectivity index is 2.58. The van der Waals surface area contributed by atoms with E-state index in [1.807, 2.05) is 6.92 Å². The normalized spacial score (nSPS) is 9.43. The van der Waals surface area contributed by atoms with Gasteiger partial charge in [0.05, 0.1) is 6.07 Å². The highest BCUT2D eigenvalue weighted by atomic mass is 16.2. The second-order valence-electron chi connectivity index (χ2n) is 2.70. The van der Waals surface area contributed by atoms with Crippen molar-refractivity contribution in [3.05, 3.63) is 11.6 Å². The number of nitrogens with zero attached hydrogens (tertiary/aromatic N) is 3. The van der Waals surface area contributed by atoms with E-state index in [1.54, 1.807) is 6.07 Å². The maximum atomic E-state index is 11.2. The summed E-state index contributed by atoms with van der Waals surface area (Å²) in [5.74, 6) is 0.350. The molecule has 0 spiro atoms. The molecule has 0 fully saturated rings. The largest absolute Gasteiger partial charge is 0.336 e. The van der Waals surface area contributed by atoms with Crippen molar-refractivity contribution in [2.24, 2.45) is 0 Å². The number of aryl methyl sites for hydroxylation is 1. The van der Waals surface area contributed by atoms with E-state index in [1.165, 1.54) is 0 Å². The molecule has 0 aliphatic rings. The van der Waals surface area contributed by atoms with Crippen LogP contribution in [0, 0.1) is 11.3 Å². The number of carbonyl (C=O) groups excluding carboxylic acids is 1. The van der Waals surface area contributed by atoms with Gasteiger partial charge in [0.2, 0.25) is 5.82 Å². The molecule has 1 aromatic heterocycles. The van der Waals surface area contributed by atoms with Crippen LogP contribution in [0.25, 0.3) is 0 Å². The fourth-order valence-electron chi connectivity index (χ4n) is 0.944. The number of nitrogens with one attached hydrogen (secondary N) is 2. The first-order chi connectivity index (χ1) is 6.77. The molecule has 6 nitrogen and oxygen atoms in total. The van der Waals surface area contributed by atoms with E-state index in [0.717, 1.165) is 12.8 Å². The summed E-state index contributed by atoms with van der Waals surface area (Å²) in [4.78, 5) is 15.2. The first-order valence-electron chi connectivity index (χ1n) is 4.34. The Morgan fingerprint density at radius 1 is 1.71 bits per heavy atom. The zero-order valence-corrected chi connectivity index (χ0v) is 7.87. The zero-order chi connectivity index (χ0) is 10.4. The van der Waals surface area contributed by atoms with Crippen LogP contribution in [-0.2, 0) is 6.42 Å². The third-order valence-corrected chi connectivity index (χ3v) is 1.55. The molecule has 2 N–H and O–H groups in total. The molecule has 14 heavy (non-hydrogen) atoms. The Bertz CT molecular complexity index is 351. The minimum absolute atomic E-state index is 0.0313. The number of aromatic amines is 1. The zero-order valence-electron chi connectivity index (χ0n) is 7.87. The lowest BCUT2D eigenvalue weighted by molar-refractivity contribution is 0.0948. The first-order valence-corrected chi connectivity index (χ1v) is 4.34. The van der Waals surface area contributed by atoms with E-state index in [-0.39, 0.29) is 12.4 Å². The van der Waals surface area contributed by atoms with Crippen LogP contribution < -0.4 is 5.32 Å². The molecule has 1 amide bonds. The van der Waals surface area contributed by atoms with Crippen molar-refractivity contribution in [2.75, 3.05) is 6.54 Å². The summed E-state index contributed by atoms with van der Waals surface area (Å²) in [6.07, 6.45) is 1.70. The Morgan fingerprint density at radius 3 is 3.14 bits per heavy atom. The Morgan fingerprint density at radius 2 is 2.50 bits per heavy atom. The summed E-state index contributed by atoms with van der Waals surface area (Å²) in [6, 6.07) is 1.80. The van der Waals surface area contributed by atoms with Crippen molar-refractivity contribution < 1.29 is 4.79 Å². The number of H-pyrrole nitrogens is 1. The summed E-state index contributed by atoms with van der Waals surface area (Å²) in [5, 5.41) is 17.0. The monoisotopic (exact) mass is 193 g/mol. The number of carbonyl (C=O) groups is 1. The van der Waals surface area contributed by atoms with Crippen molar-refractivity contribution in [1.82, 2.24) is 20.5 Å². The van der Waals surface area contributed by atoms with Crippen molar-refractivity contribution in [3.63, 3.8) is 0 Å². The van der Waals surface area contributed by atoms with Gasteiger partial charge >= 0.3 is 0 Å². The maximum Gasteiger partial charge on any atom is 0.291 e. The van der Waals surface area contributed by atoms with Gasteiger partial charge < -0.3 is 5.32 Å². The highest BCUT2D eigenvalue weighted by molar-refractivity contribution is 5.90. The topological polar surface area (TPSA) is 94.5 Å². The molecule has 0 aromatic carbocycles. The van der Waals surface area contributed by atoms with Crippen LogP contribution in [0.4, 0.5) is 0 Å². The van der Waals surface area contributed by atoms with Gasteiger partial charge in [0.25, 0.3) is 5.91 Å². The van der Waals surface area contributed by atoms with Crippen LogP contribution in [0.2, 0.25) is 0 Å². The maximum absolute atomic E-state index is 11.2. The molecular formula is C8H11N5O. The van der Waals surface area contributed by atoms with Gasteiger partial charge in [0.15, 0.2) is 0 Å². The molecule has 0 bridgehead atoms. The highest BCUT2D eigenvalue weighted by Crippen LogP contribution is 1.95. The molecular weight excluding hydrogens is 182 g/mol. The molecule has 6 heteroatoms. The van der Waals surface area contributed by atoms with Crippen molar-refractivity contribution >= 4 is 5.91 Å². The van der Waals surface area contributed by atoms with Crippen LogP contribution in [0.5, 0.6) is 0 Å². The number of nitriles is 1. The SMILES string of the molecule is CCCc1nc(C(=O)NCC#N)n[nH]1. The van der Waals surface area contributed by atoms with Gasteiger partial charge in [0.1, 0.15) is 12.4 Å². The van der Waals surface area contributed by atoms with E-state index in [4.69, 9.17) is 5.26 Å². The number of hydrogen-bond acceptors (Lipinski definition) is 4. The average Bonchev–Trinajstić information content (AvgIpc) is 2.63. The molecule has 0 atom stereocenters. The molecule has 0 saturated carbocycles. The summed E-state index contributed by atoms with van der Waals surface area (Å²) in [6.45, 7) is 1.98. The van der Waals surface area contributed by atoms with Crippen LogP contribution in [0.15, 0.2) is 0 Å². The minimum atomic E-state index is -0.426. The lowest BCUT2D eigenvalue weighted by atomic mass is 10.3. The fraction of sp³-hybridized carbons (Fsp3) is 0.500. The van der Waals surface area contributed by atoms with Crippen LogP contribution in [0.1, 0.15) is 29.8 Å². The number of amides is 1. The van der Waals surface area contributed by atoms with Gasteiger partial charge in [-0.3, -0.25) is 9.89 Å². The number of rotatable bonds is 4. The minimum Gasteiger partial charge on any atom is -0.336 e. The van der Waals surface area contributed by atoms with E-state index >= 15 is 0 Å². The summed E-state index contributed by atoms with van der Waals surface area (Å²) < 4.78 is 0. The molecule has 74 valence electrons. The fourth-order valence-corrected chi connectivity index (χ4v) is 0.944. The van der Waals surface area contributed by atoms with Crippen LogP contribution in [0.3, 0.4) is 0 Å². The predicted octanol–water partition coefficient (Wildman–Crippen LogP) is 0.0106. The van der Waals surface area contributed by atoms with E-state index in [9.17, 15) is 4.79 Å². The molecule has 0 aliphatic heterocycles. The van der Waals surface area contributed by atoms with Crippen molar-refractivity contribution in [2.45, 2.75) is 19.8 Å². The van der Waals surface area contributed by atoms with Gasteiger partial charge in [-0.15, -0.1) is 5.10 Å². The summed E-state index contributed by atoms with van der Waals surface area (Å²) >= 11 is 0. The number of aromatic nitrogens is 3. The third-order valence-electron chi connectivity index (χ3n) is 1.55.